The lowest BCUT2D eigenvalue weighted by Gasteiger charge is -2.24. The monoisotopic (exact) mass is 259 g/mol. The van der Waals surface area contributed by atoms with E-state index in [2.05, 4.69) is 20.8 Å². The molecule has 98 valence electrons. The van der Waals surface area contributed by atoms with Gasteiger partial charge in [-0.2, -0.15) is 24.9 Å². The minimum absolute atomic E-state index is 0.115. The maximum absolute atomic E-state index is 12.0. The highest BCUT2D eigenvalue weighted by molar-refractivity contribution is 8.00. The van der Waals surface area contributed by atoms with Crippen LogP contribution < -0.4 is 0 Å². The molecule has 0 bridgehead atoms. The molecule has 2 nitrogen and oxygen atoms in total. The maximum atomic E-state index is 12.0. The number of aliphatic hydroxyl groups is 1. The van der Waals surface area contributed by atoms with Gasteiger partial charge in [-0.15, -0.1) is 0 Å². The molecule has 0 aliphatic heterocycles. The quantitative estimate of drug-likeness (QED) is 0.820. The summed E-state index contributed by atoms with van der Waals surface area (Å²) in [6.45, 7) is 6.34. The van der Waals surface area contributed by atoms with E-state index in [0.717, 1.165) is 5.75 Å². The summed E-state index contributed by atoms with van der Waals surface area (Å²) < 4.78 is 36.2. The number of thioether (sulfide) groups is 1. The average Bonchev–Trinajstić information content (AvgIpc) is 1.99. The highest BCUT2D eigenvalue weighted by atomic mass is 32.2. The molecule has 6 heteroatoms. The second-order valence-electron chi connectivity index (χ2n) is 4.78. The molecule has 0 radical (unpaired) electrons. The summed E-state index contributed by atoms with van der Waals surface area (Å²) in [6.07, 6.45) is -6.78. The Balaban J connectivity index is 3.79. The Bertz CT molecular complexity index is 203. The summed E-state index contributed by atoms with van der Waals surface area (Å²) in [6, 6.07) is 0. The standard InChI is InChI=1S/C10H20F3NOS/c1-9(2,3)16-6-5-14(4)7-8(15)10(11,12)13/h8,15H,5-7H2,1-4H3. The van der Waals surface area contributed by atoms with Crippen molar-refractivity contribution in [3.63, 3.8) is 0 Å². The van der Waals surface area contributed by atoms with Crippen molar-refractivity contribution in [1.29, 1.82) is 0 Å². The summed E-state index contributed by atoms with van der Waals surface area (Å²) >= 11 is 1.69. The van der Waals surface area contributed by atoms with Crippen LogP contribution in [0, 0.1) is 0 Å². The van der Waals surface area contributed by atoms with Crippen LogP contribution in [0.25, 0.3) is 0 Å². The zero-order chi connectivity index (χ0) is 13.0. The van der Waals surface area contributed by atoms with Gasteiger partial charge in [0.15, 0.2) is 6.10 Å². The Hall–Kier alpha value is 0.0600. The van der Waals surface area contributed by atoms with Crippen molar-refractivity contribution >= 4 is 11.8 Å². The molecule has 0 amide bonds. The molecule has 0 heterocycles. The molecule has 0 aliphatic carbocycles. The first-order valence-electron chi connectivity index (χ1n) is 5.09. The molecule has 0 aromatic carbocycles. The van der Waals surface area contributed by atoms with Crippen molar-refractivity contribution in [2.24, 2.45) is 0 Å². The maximum Gasteiger partial charge on any atom is 0.415 e. The average molecular weight is 259 g/mol. The van der Waals surface area contributed by atoms with Crippen molar-refractivity contribution in [3.8, 4) is 0 Å². The molecule has 16 heavy (non-hydrogen) atoms. The third-order valence-electron chi connectivity index (χ3n) is 1.87. The van der Waals surface area contributed by atoms with Gasteiger partial charge in [-0.05, 0) is 7.05 Å². The Morgan fingerprint density at radius 2 is 1.75 bits per heavy atom. The van der Waals surface area contributed by atoms with Crippen LogP contribution >= 0.6 is 11.8 Å². The van der Waals surface area contributed by atoms with E-state index in [-0.39, 0.29) is 11.3 Å². The third kappa shape index (κ3) is 8.24. The second kappa shape index (κ2) is 6.12. The van der Waals surface area contributed by atoms with Gasteiger partial charge in [0.05, 0.1) is 0 Å². The highest BCUT2D eigenvalue weighted by Crippen LogP contribution is 2.23. The summed E-state index contributed by atoms with van der Waals surface area (Å²) in [7, 11) is 1.58. The number of hydrogen-bond donors (Lipinski definition) is 1. The Morgan fingerprint density at radius 1 is 1.25 bits per heavy atom. The lowest BCUT2D eigenvalue weighted by molar-refractivity contribution is -0.207. The Kier molecular flexibility index (Phi) is 6.14. The van der Waals surface area contributed by atoms with Crippen molar-refractivity contribution in [2.45, 2.75) is 37.8 Å². The number of halogens is 3. The van der Waals surface area contributed by atoms with Gasteiger partial charge in [0.25, 0.3) is 0 Å². The highest BCUT2D eigenvalue weighted by Gasteiger charge is 2.38. The minimum atomic E-state index is -4.52. The van der Waals surface area contributed by atoms with Crippen LogP contribution in [0.1, 0.15) is 20.8 Å². The van der Waals surface area contributed by atoms with Crippen LogP contribution in [0.15, 0.2) is 0 Å². The molecule has 0 aromatic heterocycles. The first kappa shape index (κ1) is 16.1. The predicted octanol–water partition coefficient (Wildman–Crippen LogP) is 2.37. The second-order valence-corrected chi connectivity index (χ2v) is 6.70. The van der Waals surface area contributed by atoms with E-state index in [4.69, 9.17) is 5.11 Å². The minimum Gasteiger partial charge on any atom is -0.382 e. The van der Waals surface area contributed by atoms with E-state index in [0.29, 0.717) is 6.54 Å². The zero-order valence-corrected chi connectivity index (χ0v) is 11.0. The van der Waals surface area contributed by atoms with Crippen LogP contribution in [0.2, 0.25) is 0 Å². The van der Waals surface area contributed by atoms with E-state index >= 15 is 0 Å². The SMILES string of the molecule is CN(CCSC(C)(C)C)CC(O)C(F)(F)F. The molecule has 1 unspecified atom stereocenters. The van der Waals surface area contributed by atoms with Gasteiger partial charge in [0.2, 0.25) is 0 Å². The molecule has 0 rings (SSSR count). The Labute approximate surface area is 99.2 Å². The fraction of sp³-hybridized carbons (Fsp3) is 1.00. The first-order chi connectivity index (χ1) is 7.02. The molecule has 0 fully saturated rings. The van der Waals surface area contributed by atoms with E-state index < -0.39 is 12.3 Å². The number of alkyl halides is 3. The van der Waals surface area contributed by atoms with Gasteiger partial charge in [-0.1, -0.05) is 20.8 Å². The summed E-state index contributed by atoms with van der Waals surface area (Å²) in [4.78, 5) is 1.50. The lowest BCUT2D eigenvalue weighted by Crippen LogP contribution is -2.40. The summed E-state index contributed by atoms with van der Waals surface area (Å²) in [5, 5.41) is 8.84. The molecule has 0 spiro atoms. The van der Waals surface area contributed by atoms with Gasteiger partial charge >= 0.3 is 6.18 Å². The van der Waals surface area contributed by atoms with Gasteiger partial charge in [0.1, 0.15) is 0 Å². The van der Waals surface area contributed by atoms with Gasteiger partial charge in [-0.25, -0.2) is 0 Å². The van der Waals surface area contributed by atoms with E-state index in [1.165, 1.54) is 4.90 Å². The van der Waals surface area contributed by atoms with Crippen LogP contribution in [-0.2, 0) is 0 Å². The fourth-order valence-corrected chi connectivity index (χ4v) is 2.01. The van der Waals surface area contributed by atoms with Crippen LogP contribution in [-0.4, -0.2) is 52.9 Å². The zero-order valence-electron chi connectivity index (χ0n) is 10.1. The van der Waals surface area contributed by atoms with Crippen molar-refractivity contribution < 1.29 is 18.3 Å². The van der Waals surface area contributed by atoms with Crippen molar-refractivity contribution in [2.75, 3.05) is 25.9 Å². The molecule has 0 saturated heterocycles. The molecular formula is C10H20F3NOS. The summed E-state index contributed by atoms with van der Waals surface area (Å²) in [5.74, 6) is 0.755. The van der Waals surface area contributed by atoms with Crippen molar-refractivity contribution in [3.05, 3.63) is 0 Å². The third-order valence-corrected chi connectivity index (χ3v) is 3.12. The van der Waals surface area contributed by atoms with Crippen LogP contribution in [0.3, 0.4) is 0 Å². The van der Waals surface area contributed by atoms with E-state index in [1.807, 2.05) is 0 Å². The normalized spacial score (nSPS) is 15.6. The van der Waals surface area contributed by atoms with Crippen LogP contribution in [0.5, 0.6) is 0 Å². The smallest absolute Gasteiger partial charge is 0.382 e. The number of nitrogens with zero attached hydrogens (tertiary/aromatic N) is 1. The molecule has 0 aliphatic rings. The molecule has 0 aromatic rings. The van der Waals surface area contributed by atoms with E-state index in [9.17, 15) is 13.2 Å². The molecular weight excluding hydrogens is 239 g/mol. The number of rotatable bonds is 5. The largest absolute Gasteiger partial charge is 0.415 e. The number of aliphatic hydroxyl groups excluding tert-OH is 1. The molecule has 1 atom stereocenters. The summed E-state index contributed by atoms with van der Waals surface area (Å²) in [5.41, 5.74) is 0. The number of likely N-dealkylation sites (N-methyl/N-ethyl adjacent to an activating group) is 1. The van der Waals surface area contributed by atoms with Crippen LogP contribution in [0.4, 0.5) is 13.2 Å². The van der Waals surface area contributed by atoms with Gasteiger partial charge in [0, 0.05) is 23.6 Å². The number of hydrogen-bond acceptors (Lipinski definition) is 3. The van der Waals surface area contributed by atoms with E-state index in [1.54, 1.807) is 18.8 Å². The fourth-order valence-electron chi connectivity index (χ4n) is 0.998. The molecule has 0 saturated carbocycles. The van der Waals surface area contributed by atoms with Crippen molar-refractivity contribution in [1.82, 2.24) is 4.90 Å². The predicted molar refractivity (Wildman–Crippen MR) is 61.8 cm³/mol. The first-order valence-corrected chi connectivity index (χ1v) is 6.08. The topological polar surface area (TPSA) is 23.5 Å². The Morgan fingerprint density at radius 3 is 2.12 bits per heavy atom. The molecule has 1 N–H and O–H groups in total. The lowest BCUT2D eigenvalue weighted by atomic mass is 10.3. The van der Waals surface area contributed by atoms with Gasteiger partial charge in [-0.3, -0.25) is 0 Å². The van der Waals surface area contributed by atoms with Gasteiger partial charge < -0.3 is 10.0 Å².